The maximum atomic E-state index is 14.4. The van der Waals surface area contributed by atoms with Crippen molar-refractivity contribution < 1.29 is 24.2 Å². The molecule has 3 amide bonds. The summed E-state index contributed by atoms with van der Waals surface area (Å²) < 4.78 is 10.1. The lowest BCUT2D eigenvalue weighted by Crippen LogP contribution is -2.49. The highest BCUT2D eigenvalue weighted by atomic mass is 35.5. The number of thiazole rings is 1. The number of ether oxygens (including phenoxy) is 1. The lowest BCUT2D eigenvalue weighted by Gasteiger charge is -2.36. The molecule has 1 saturated carbocycles. The number of aliphatic imine (C=N–C) groups is 1. The number of thiophene rings is 1. The van der Waals surface area contributed by atoms with Crippen LogP contribution in [-0.2, 0) is 14.4 Å². The molecule has 372 valence electrons. The minimum atomic E-state index is -0.846. The predicted molar refractivity (Wildman–Crippen MR) is 278 cm³/mol. The monoisotopic (exact) mass is 1030 g/mol. The first-order valence-electron chi connectivity index (χ1n) is 24.2. The Kier molecular flexibility index (Phi) is 13.7. The van der Waals surface area contributed by atoms with Crippen LogP contribution in [0.3, 0.4) is 0 Å². The van der Waals surface area contributed by atoms with Crippen molar-refractivity contribution in [2.24, 2.45) is 10.9 Å². The number of fused-ring (bicyclic) bond motifs is 3. The number of β-amino-alcohol motifs (C(OH)–C–C–N with tert-alkyl or cyclic N) is 1. The van der Waals surface area contributed by atoms with Gasteiger partial charge in [0.15, 0.2) is 5.82 Å². The van der Waals surface area contributed by atoms with E-state index in [0.717, 1.165) is 54.9 Å². The van der Waals surface area contributed by atoms with Crippen molar-refractivity contribution in [2.75, 3.05) is 6.54 Å². The standard InChI is InChI=1S/C53H56ClN11O5S2/c1-27(2)48(52(69)63-25-39(66)20-44(63)51(68)58-29(4)33-8-10-35(11-9-33)49-30(5)56-26-71-49)64-24-36(23-57-64)42-21-40(16-17-55-42)70-41-18-38(19-41)59-45(67)22-43-50-62-61-32(7)65(50)53-46(28(3)31(6)72-53)47(60-43)34-12-14-37(54)15-13-34/h8-17,21,23-24,26-27,29,38-39,41,43-44,48,66H,18-20,22,25H2,1-7H3,(H,58,68)(H,59,67)/t29-,38-,39+,41+,43-,44-,48+/m0/s1. The SMILES string of the molecule is Cc1ncsc1-c1ccc([C@H](C)NC(=O)[C@@H]2C[C@@H](O)CN2C(=O)[C@@H](C(C)C)n2cc(-c3cc(O[C@H]4C[C@@H](NC(=O)C[C@@H]5N=C(c6ccc(Cl)cc6)c6c(sc(C)c6C)-n6c(C)nnc65)C4)ccn3)cn2)cc1. The number of halogens is 1. The maximum Gasteiger partial charge on any atom is 0.248 e. The second-order valence-electron chi connectivity index (χ2n) is 19.4. The van der Waals surface area contributed by atoms with Gasteiger partial charge in [0.25, 0.3) is 0 Å². The van der Waals surface area contributed by atoms with Gasteiger partial charge in [0.05, 0.1) is 52.3 Å². The Hall–Kier alpha value is -6.60. The number of aromatic nitrogens is 7. The van der Waals surface area contributed by atoms with E-state index in [4.69, 9.17) is 21.3 Å². The Labute approximate surface area is 430 Å². The lowest BCUT2D eigenvalue weighted by atomic mass is 9.89. The summed E-state index contributed by atoms with van der Waals surface area (Å²) in [5, 5.41) is 32.3. The van der Waals surface area contributed by atoms with Crippen molar-refractivity contribution in [3.05, 3.63) is 134 Å². The van der Waals surface area contributed by atoms with Gasteiger partial charge in [0, 0.05) is 76.9 Å². The van der Waals surface area contributed by atoms with Gasteiger partial charge >= 0.3 is 0 Å². The van der Waals surface area contributed by atoms with Gasteiger partial charge in [-0.2, -0.15) is 5.10 Å². The van der Waals surface area contributed by atoms with Crippen LogP contribution in [0.4, 0.5) is 0 Å². The Morgan fingerprint density at radius 1 is 0.931 bits per heavy atom. The maximum absolute atomic E-state index is 14.4. The third-order valence-corrected chi connectivity index (χ3v) is 16.4. The molecule has 0 unspecified atom stereocenters. The summed E-state index contributed by atoms with van der Waals surface area (Å²) in [6, 6.07) is 16.7. The number of nitrogens with zero attached hydrogens (tertiary/aromatic N) is 9. The highest BCUT2D eigenvalue weighted by Crippen LogP contribution is 2.40. The van der Waals surface area contributed by atoms with E-state index >= 15 is 0 Å². The van der Waals surface area contributed by atoms with E-state index in [9.17, 15) is 19.5 Å². The zero-order valence-electron chi connectivity index (χ0n) is 41.0. The Balaban J connectivity index is 0.762. The molecule has 2 fully saturated rings. The van der Waals surface area contributed by atoms with E-state index in [-0.39, 0.29) is 61.2 Å². The van der Waals surface area contributed by atoms with Gasteiger partial charge < -0.3 is 25.4 Å². The van der Waals surface area contributed by atoms with Gasteiger partial charge in [-0.15, -0.1) is 32.9 Å². The zero-order chi connectivity index (χ0) is 50.5. The quantitative estimate of drug-likeness (QED) is 0.0949. The van der Waals surface area contributed by atoms with Gasteiger partial charge in [-0.1, -0.05) is 61.8 Å². The summed E-state index contributed by atoms with van der Waals surface area (Å²) in [5.41, 5.74) is 9.93. The van der Waals surface area contributed by atoms with Crippen LogP contribution < -0.4 is 15.4 Å². The summed E-state index contributed by atoms with van der Waals surface area (Å²) in [6.07, 6.45) is 5.63. The van der Waals surface area contributed by atoms with Crippen LogP contribution in [0.5, 0.6) is 5.75 Å². The molecule has 3 aliphatic rings. The molecule has 1 aliphatic carbocycles. The summed E-state index contributed by atoms with van der Waals surface area (Å²) in [6.45, 7) is 13.9. The molecule has 19 heteroatoms. The molecule has 0 bridgehead atoms. The number of carbonyl (C=O) groups excluding carboxylic acids is 3. The fraction of sp³-hybridized carbons (Fsp3) is 0.377. The number of hydrogen-bond donors (Lipinski definition) is 3. The number of nitrogens with one attached hydrogen (secondary N) is 2. The second-order valence-corrected chi connectivity index (χ2v) is 21.9. The molecule has 16 nitrogen and oxygen atoms in total. The van der Waals surface area contributed by atoms with Crippen LogP contribution in [0.25, 0.3) is 26.7 Å². The van der Waals surface area contributed by atoms with Crippen molar-refractivity contribution in [1.82, 2.24) is 50.0 Å². The Morgan fingerprint density at radius 2 is 1.68 bits per heavy atom. The first-order chi connectivity index (χ1) is 34.6. The van der Waals surface area contributed by atoms with E-state index in [1.807, 2.05) is 99.3 Å². The van der Waals surface area contributed by atoms with Crippen LogP contribution in [0.15, 0.2) is 89.8 Å². The van der Waals surface area contributed by atoms with Crippen molar-refractivity contribution in [2.45, 2.75) is 117 Å². The van der Waals surface area contributed by atoms with Crippen LogP contribution in [-0.4, -0.2) is 98.8 Å². The topological polar surface area (TPSA) is 195 Å². The minimum absolute atomic E-state index is 0.0406. The number of hydrogen-bond acceptors (Lipinski definition) is 13. The summed E-state index contributed by atoms with van der Waals surface area (Å²) in [7, 11) is 0. The van der Waals surface area contributed by atoms with Gasteiger partial charge in [-0.25, -0.2) is 4.98 Å². The molecule has 3 N–H and O–H groups in total. The molecule has 1 saturated heterocycles. The smallest absolute Gasteiger partial charge is 0.248 e. The Bertz CT molecular complexity index is 3190. The molecular formula is C53H56ClN11O5S2. The van der Waals surface area contributed by atoms with Crippen LogP contribution in [0, 0.1) is 33.6 Å². The number of amides is 3. The first-order valence-corrected chi connectivity index (χ1v) is 26.3. The number of aliphatic hydroxyl groups is 1. The molecule has 5 aromatic heterocycles. The average Bonchev–Trinajstić information content (AvgIpc) is 4.19. The fourth-order valence-electron chi connectivity index (χ4n) is 9.91. The third kappa shape index (κ3) is 9.72. The van der Waals surface area contributed by atoms with E-state index < -0.39 is 24.2 Å². The van der Waals surface area contributed by atoms with Crippen molar-refractivity contribution in [1.29, 1.82) is 0 Å². The van der Waals surface area contributed by atoms with E-state index in [0.29, 0.717) is 40.7 Å². The van der Waals surface area contributed by atoms with E-state index in [2.05, 4.69) is 49.7 Å². The molecule has 0 spiro atoms. The average molecular weight is 1030 g/mol. The van der Waals surface area contributed by atoms with Gasteiger partial charge in [0.2, 0.25) is 17.7 Å². The normalized spacial score (nSPS) is 20.2. The lowest BCUT2D eigenvalue weighted by molar-refractivity contribution is -0.142. The number of aliphatic hydroxyl groups excluding tert-OH is 1. The first kappa shape index (κ1) is 49.0. The second kappa shape index (κ2) is 20.1. The molecule has 2 aliphatic heterocycles. The number of rotatable bonds is 14. The molecule has 10 rings (SSSR count). The zero-order valence-corrected chi connectivity index (χ0v) is 43.4. The summed E-state index contributed by atoms with van der Waals surface area (Å²) in [5.74, 6) is 1.03. The predicted octanol–water partition coefficient (Wildman–Crippen LogP) is 8.64. The van der Waals surface area contributed by atoms with Crippen molar-refractivity contribution >= 4 is 57.7 Å². The minimum Gasteiger partial charge on any atom is -0.490 e. The van der Waals surface area contributed by atoms with Gasteiger partial charge in [-0.05, 0) is 75.4 Å². The number of pyridine rings is 1. The van der Waals surface area contributed by atoms with Crippen LogP contribution in [0.2, 0.25) is 5.02 Å². The Morgan fingerprint density at radius 3 is 2.40 bits per heavy atom. The molecule has 5 atom stereocenters. The summed E-state index contributed by atoms with van der Waals surface area (Å²) in [4.78, 5) is 60.0. The highest BCUT2D eigenvalue weighted by molar-refractivity contribution is 7.15. The number of aryl methyl sites for hydroxylation is 3. The molecule has 2 aromatic carbocycles. The highest BCUT2D eigenvalue weighted by Gasteiger charge is 2.43. The molecule has 7 heterocycles. The van der Waals surface area contributed by atoms with Crippen molar-refractivity contribution in [3.63, 3.8) is 0 Å². The number of likely N-dealkylation sites (tertiary alicyclic amines) is 1. The fourth-order valence-corrected chi connectivity index (χ4v) is 12.1. The number of carbonyl (C=O) groups is 3. The van der Waals surface area contributed by atoms with E-state index in [1.54, 1.807) is 52.0 Å². The largest absolute Gasteiger partial charge is 0.490 e. The van der Waals surface area contributed by atoms with Crippen LogP contribution >= 0.6 is 34.3 Å². The van der Waals surface area contributed by atoms with Crippen LogP contribution in [0.1, 0.15) is 109 Å². The molecule has 0 radical (unpaired) electrons. The number of benzene rings is 2. The third-order valence-electron chi connectivity index (χ3n) is 13.9. The van der Waals surface area contributed by atoms with Gasteiger partial charge in [-0.3, -0.25) is 33.6 Å². The molecular weight excluding hydrogens is 970 g/mol. The summed E-state index contributed by atoms with van der Waals surface area (Å²) >= 11 is 9.54. The molecule has 72 heavy (non-hydrogen) atoms. The van der Waals surface area contributed by atoms with Crippen molar-refractivity contribution in [3.8, 4) is 32.4 Å². The van der Waals surface area contributed by atoms with E-state index in [1.165, 1.54) is 9.78 Å². The molecule has 7 aromatic rings. The van der Waals surface area contributed by atoms with Gasteiger partial charge in [0.1, 0.15) is 40.8 Å².